The molecular weight excluding hydrogens is 887 g/mol. The fraction of sp³-hybridized carbons (Fsp3) is 0.481. The van der Waals surface area contributed by atoms with Crippen LogP contribution in [0.2, 0.25) is 0 Å². The van der Waals surface area contributed by atoms with Crippen molar-refractivity contribution >= 4 is 40.3 Å². The van der Waals surface area contributed by atoms with Gasteiger partial charge in [-0.05, 0) is 51.5 Å². The van der Waals surface area contributed by atoms with Gasteiger partial charge < -0.3 is 49.8 Å². The molecule has 3 aromatic carbocycles. The first-order chi connectivity index (χ1) is 32.5. The predicted octanol–water partition coefficient (Wildman–Crippen LogP) is 6.55. The molecule has 0 radical (unpaired) electrons. The highest BCUT2D eigenvalue weighted by molar-refractivity contribution is 6.23. The summed E-state index contributed by atoms with van der Waals surface area (Å²) < 4.78 is 23.8. The minimum atomic E-state index is -2.08. The zero-order valence-electron chi connectivity index (χ0n) is 41.1. The van der Waals surface area contributed by atoms with Crippen LogP contribution in [-0.4, -0.2) is 122 Å². The summed E-state index contributed by atoms with van der Waals surface area (Å²) in [7, 11) is 1.43. The van der Waals surface area contributed by atoms with E-state index in [9.17, 15) is 45.2 Å². The Kier molecular flexibility index (Phi) is 15.8. The highest BCUT2D eigenvalue weighted by atomic mass is 16.7. The molecule has 5 bridgehead atoms. The SMILES string of the molecule is CO[C@@H]1C=CO[C@@]2(C)Oc3c(C)c(O)c4c(O)c(c(C=NN5[C@H](C)CN(Cc6ccc(C#N)cc6)C[C@@H]5C)c(O)c4c3C2=O)NC(=O)C(C)=CC=C[C@H](C)[C@H](O)[C@H](C)[C@H](O)[C@H](C)[C@@H](OC(C)=O)[C@H]1C. The van der Waals surface area contributed by atoms with E-state index >= 15 is 0 Å². The molecule has 0 aromatic heterocycles. The second-order valence-electron chi connectivity index (χ2n) is 18.9. The molecule has 4 aliphatic heterocycles. The predicted molar refractivity (Wildman–Crippen MR) is 259 cm³/mol. The number of amides is 1. The number of nitrogens with one attached hydrogen (secondary N) is 1. The van der Waals surface area contributed by atoms with Gasteiger partial charge in [0.2, 0.25) is 0 Å². The number of aliphatic hydroxyl groups excluding tert-OH is 2. The zero-order valence-corrected chi connectivity index (χ0v) is 41.1. The summed E-state index contributed by atoms with van der Waals surface area (Å²) >= 11 is 0. The molecule has 4 aliphatic rings. The number of Topliss-reactive ketones (excluding diaryl/α,β-unsaturated/α-hetero) is 1. The average Bonchev–Trinajstić information content (AvgIpc) is 3.57. The number of fused-ring (bicyclic) bond motifs is 14. The molecule has 3 aromatic rings. The summed E-state index contributed by atoms with van der Waals surface area (Å²) in [4.78, 5) is 43.4. The number of hydrogen-bond donors (Lipinski definition) is 6. The molecule has 17 heteroatoms. The lowest BCUT2D eigenvalue weighted by Crippen LogP contribution is -2.54. The Bertz CT molecular complexity index is 2610. The zero-order chi connectivity index (χ0) is 50.8. The molecule has 370 valence electrons. The second kappa shape index (κ2) is 21.0. The third-order valence-corrected chi connectivity index (χ3v) is 13.8. The minimum absolute atomic E-state index is 0.0366. The summed E-state index contributed by atoms with van der Waals surface area (Å²) in [5, 5.41) is 77.3. The molecule has 4 heterocycles. The Morgan fingerprint density at radius 3 is 2.20 bits per heavy atom. The molecule has 6 N–H and O–H groups in total. The first-order valence-corrected chi connectivity index (χ1v) is 23.2. The van der Waals surface area contributed by atoms with Crippen LogP contribution >= 0.6 is 0 Å². The summed E-state index contributed by atoms with van der Waals surface area (Å²) in [6.07, 6.45) is 4.77. The number of ether oxygens (including phenoxy) is 4. The lowest BCUT2D eigenvalue weighted by atomic mass is 9.78. The number of allylic oxidation sites excluding steroid dienone is 2. The Morgan fingerprint density at radius 2 is 1.59 bits per heavy atom. The molecule has 1 saturated heterocycles. The van der Waals surface area contributed by atoms with Gasteiger partial charge >= 0.3 is 11.8 Å². The molecular formula is C52H65N5O12. The van der Waals surface area contributed by atoms with Gasteiger partial charge in [0, 0.05) is 80.8 Å². The van der Waals surface area contributed by atoms with Crippen LogP contribution in [0, 0.1) is 41.9 Å². The van der Waals surface area contributed by atoms with Crippen LogP contribution in [0.1, 0.15) is 94.9 Å². The summed E-state index contributed by atoms with van der Waals surface area (Å²) in [5.74, 6) is -8.62. The molecule has 1 amide bonds. The van der Waals surface area contributed by atoms with E-state index in [0.717, 1.165) is 5.56 Å². The van der Waals surface area contributed by atoms with E-state index in [1.54, 1.807) is 52.0 Å². The van der Waals surface area contributed by atoms with Crippen LogP contribution in [0.3, 0.4) is 0 Å². The number of methoxy groups -OCH3 is 1. The Morgan fingerprint density at radius 1 is 0.942 bits per heavy atom. The molecule has 17 nitrogen and oxygen atoms in total. The monoisotopic (exact) mass is 951 g/mol. The smallest absolute Gasteiger partial charge is 0.312 e. The van der Waals surface area contributed by atoms with Crippen LogP contribution in [-0.2, 0) is 30.3 Å². The maximum atomic E-state index is 14.7. The molecule has 69 heavy (non-hydrogen) atoms. The number of carbonyl (C=O) groups is 3. The number of rotatable bonds is 6. The van der Waals surface area contributed by atoms with Gasteiger partial charge in [-0.3, -0.25) is 24.3 Å². The standard InChI is InChI=1S/C52H65N5O12/c1-26-13-12-14-27(2)51(65)55-42-37(22-54-57-28(3)23-56(24-29(57)4)25-36-17-15-35(21-53)16-18-36)46(62)39-40(47(42)63)45(61)33(8)49-41(39)50(64)52(10,69-49)67-20-19-38(66-11)30(5)48(68-34(9)58)32(7)44(60)31(6)43(26)59/h12-20,22,26,28-32,38,43-44,48,59-63H,23-25H2,1-11H3,(H,55,65)/t26-,28-,29+,30-,31-,32-,38+,43-,44-,48-,52-/m0/s1. The summed E-state index contributed by atoms with van der Waals surface area (Å²) in [6.45, 7) is 18.3. The van der Waals surface area contributed by atoms with Crippen molar-refractivity contribution in [3.05, 3.63) is 88.2 Å². The van der Waals surface area contributed by atoms with Gasteiger partial charge in [-0.15, -0.1) is 0 Å². The lowest BCUT2D eigenvalue weighted by Gasteiger charge is -2.42. The molecule has 7 rings (SSSR count). The first kappa shape index (κ1) is 51.9. The van der Waals surface area contributed by atoms with Crippen molar-refractivity contribution in [3.8, 4) is 29.1 Å². The number of nitriles is 1. The number of ketones is 1. The number of phenolic OH excluding ortho intramolecular Hbond substituents is 3. The number of piperazine rings is 1. The topological polar surface area (TPSA) is 244 Å². The Balaban J connectivity index is 1.47. The van der Waals surface area contributed by atoms with Crippen molar-refractivity contribution < 1.29 is 58.9 Å². The Labute approximate surface area is 402 Å². The lowest BCUT2D eigenvalue weighted by molar-refractivity contribution is -0.160. The second-order valence-corrected chi connectivity index (χ2v) is 18.9. The van der Waals surface area contributed by atoms with Gasteiger partial charge in [-0.25, -0.2) is 0 Å². The molecule has 1 fully saturated rings. The van der Waals surface area contributed by atoms with E-state index < -0.39 is 88.8 Å². The number of esters is 1. The van der Waals surface area contributed by atoms with Crippen LogP contribution in [0.25, 0.3) is 10.8 Å². The van der Waals surface area contributed by atoms with Crippen LogP contribution in [0.15, 0.2) is 65.5 Å². The maximum Gasteiger partial charge on any atom is 0.312 e. The average molecular weight is 952 g/mol. The van der Waals surface area contributed by atoms with E-state index in [1.165, 1.54) is 59.4 Å². The highest BCUT2D eigenvalue weighted by Gasteiger charge is 2.50. The van der Waals surface area contributed by atoms with Crippen molar-refractivity contribution in [1.82, 2.24) is 9.91 Å². The first-order valence-electron chi connectivity index (χ1n) is 23.2. The number of aliphatic hydroxyl groups is 2. The number of benzene rings is 3. The van der Waals surface area contributed by atoms with E-state index in [0.29, 0.717) is 25.2 Å². The number of carbonyl (C=O) groups excluding carboxylic acids is 3. The van der Waals surface area contributed by atoms with E-state index in [1.807, 2.05) is 31.0 Å². The largest absolute Gasteiger partial charge is 0.507 e. The number of aromatic hydroxyl groups is 3. The number of phenols is 3. The molecule has 11 atom stereocenters. The van der Waals surface area contributed by atoms with Crippen molar-refractivity contribution in [1.29, 1.82) is 5.26 Å². The number of hydrogen-bond acceptors (Lipinski definition) is 16. The fourth-order valence-corrected chi connectivity index (χ4v) is 9.72. The number of hydrazone groups is 1. The maximum absolute atomic E-state index is 14.7. The normalized spacial score (nSPS) is 29.4. The fourth-order valence-electron chi connectivity index (χ4n) is 9.72. The van der Waals surface area contributed by atoms with Crippen molar-refractivity contribution in [2.24, 2.45) is 28.8 Å². The molecule has 0 unspecified atom stereocenters. The van der Waals surface area contributed by atoms with Gasteiger partial charge in [0.25, 0.3) is 11.7 Å². The quantitative estimate of drug-likeness (QED) is 0.0664. The van der Waals surface area contributed by atoms with E-state index in [4.69, 9.17) is 24.0 Å². The van der Waals surface area contributed by atoms with Gasteiger partial charge in [-0.2, -0.15) is 10.4 Å². The van der Waals surface area contributed by atoms with Gasteiger partial charge in [0.05, 0.1) is 76.7 Å². The van der Waals surface area contributed by atoms with Crippen LogP contribution in [0.4, 0.5) is 5.69 Å². The van der Waals surface area contributed by atoms with Crippen molar-refractivity contribution in [2.45, 2.75) is 118 Å². The molecule has 0 aliphatic carbocycles. The van der Waals surface area contributed by atoms with Crippen LogP contribution in [0.5, 0.6) is 23.0 Å². The van der Waals surface area contributed by atoms with E-state index in [-0.39, 0.29) is 56.6 Å². The third kappa shape index (κ3) is 10.4. The third-order valence-electron chi connectivity index (χ3n) is 13.8. The van der Waals surface area contributed by atoms with Gasteiger partial charge in [0.15, 0.2) is 5.75 Å². The van der Waals surface area contributed by atoms with Crippen molar-refractivity contribution in [3.63, 3.8) is 0 Å². The number of anilines is 1. The van der Waals surface area contributed by atoms with Gasteiger partial charge in [-0.1, -0.05) is 58.1 Å². The minimum Gasteiger partial charge on any atom is -0.507 e. The van der Waals surface area contributed by atoms with E-state index in [2.05, 4.69) is 16.3 Å². The molecule has 0 saturated carbocycles. The van der Waals surface area contributed by atoms with Gasteiger partial charge in [0.1, 0.15) is 23.4 Å². The molecule has 0 spiro atoms. The Hall–Kier alpha value is -6.45. The highest BCUT2D eigenvalue weighted by Crippen LogP contribution is 2.55. The summed E-state index contributed by atoms with van der Waals surface area (Å²) in [5.41, 5.74) is 1.14. The summed E-state index contributed by atoms with van der Waals surface area (Å²) in [6, 6.07) is 9.23. The number of nitrogens with zero attached hydrogens (tertiary/aromatic N) is 4. The van der Waals surface area contributed by atoms with Crippen LogP contribution < -0.4 is 10.1 Å². The van der Waals surface area contributed by atoms with Crippen molar-refractivity contribution in [2.75, 3.05) is 25.5 Å².